The van der Waals surface area contributed by atoms with Crippen LogP contribution >= 0.6 is 0 Å². The predicted molar refractivity (Wildman–Crippen MR) is 119 cm³/mol. The normalized spacial score (nSPS) is 19.5. The molecule has 0 heterocycles. The number of ether oxygens (including phenoxy) is 1. The minimum Gasteiger partial charge on any atom is -0.489 e. The number of rotatable bonds is 4. The van der Waals surface area contributed by atoms with Gasteiger partial charge in [-0.25, -0.2) is 0 Å². The molecule has 0 aromatic heterocycles. The van der Waals surface area contributed by atoms with Gasteiger partial charge in [-0.1, -0.05) is 73.5 Å². The van der Waals surface area contributed by atoms with Crippen LogP contribution in [-0.4, -0.2) is 11.2 Å². The summed E-state index contributed by atoms with van der Waals surface area (Å²) in [5, 5.41) is 15.4. The van der Waals surface area contributed by atoms with E-state index in [-0.39, 0.29) is 12.0 Å². The van der Waals surface area contributed by atoms with Crippen LogP contribution < -0.4 is 4.74 Å². The Labute approximate surface area is 171 Å². The lowest BCUT2D eigenvalue weighted by Crippen LogP contribution is -2.22. The van der Waals surface area contributed by atoms with E-state index in [1.807, 2.05) is 12.1 Å². The Morgan fingerprint density at radius 1 is 0.759 bits per heavy atom. The van der Waals surface area contributed by atoms with Gasteiger partial charge in [-0.2, -0.15) is 0 Å². The molecule has 0 radical (unpaired) electrons. The molecule has 4 aromatic rings. The van der Waals surface area contributed by atoms with Crippen molar-refractivity contribution in [1.82, 2.24) is 0 Å². The molecule has 1 fully saturated rings. The predicted octanol–water partition coefficient (Wildman–Crippen LogP) is 6.59. The molecule has 0 spiro atoms. The molecule has 4 aromatic carbocycles. The largest absolute Gasteiger partial charge is 0.489 e. The fourth-order valence-corrected chi connectivity index (χ4v) is 4.75. The molecule has 0 amide bonds. The highest BCUT2D eigenvalue weighted by atomic mass is 16.5. The Morgan fingerprint density at radius 2 is 1.45 bits per heavy atom. The molecule has 2 atom stereocenters. The van der Waals surface area contributed by atoms with Gasteiger partial charge in [0, 0.05) is 11.5 Å². The van der Waals surface area contributed by atoms with Crippen molar-refractivity contribution in [2.75, 3.05) is 0 Å². The first-order chi connectivity index (χ1) is 14.3. The van der Waals surface area contributed by atoms with Gasteiger partial charge in [-0.05, 0) is 58.1 Å². The summed E-state index contributed by atoms with van der Waals surface area (Å²) in [6.45, 7) is 0.526. The summed E-state index contributed by atoms with van der Waals surface area (Å²) in [6, 6.07) is 27.6. The Morgan fingerprint density at radius 3 is 2.17 bits per heavy atom. The standard InChI is InChI=1S/C27H26O2/c28-27-15-6-5-14-25(27)21-10-7-11-22(17-21)29-18-26-23-12-3-1-8-19(23)16-20-9-2-4-13-24(20)26/h1-4,7-13,16-17,25,27-28H,5-6,14-15,18H2. The lowest BCUT2D eigenvalue weighted by atomic mass is 9.82. The zero-order valence-electron chi connectivity index (χ0n) is 16.6. The van der Waals surface area contributed by atoms with Crippen LogP contribution in [0.1, 0.15) is 42.7 Å². The van der Waals surface area contributed by atoms with E-state index in [2.05, 4.69) is 66.7 Å². The van der Waals surface area contributed by atoms with Gasteiger partial charge in [0.05, 0.1) is 6.10 Å². The number of hydrogen-bond donors (Lipinski definition) is 1. The maximum Gasteiger partial charge on any atom is 0.120 e. The molecule has 146 valence electrons. The van der Waals surface area contributed by atoms with Crippen molar-refractivity contribution in [2.24, 2.45) is 0 Å². The third kappa shape index (κ3) is 3.61. The third-order valence-corrected chi connectivity index (χ3v) is 6.28. The summed E-state index contributed by atoms with van der Waals surface area (Å²) in [7, 11) is 0. The van der Waals surface area contributed by atoms with Gasteiger partial charge >= 0.3 is 0 Å². The SMILES string of the molecule is OC1CCCCC1c1cccc(OCc2c3ccccc3cc3ccccc23)c1. The average molecular weight is 383 g/mol. The molecule has 1 saturated carbocycles. The molecule has 0 aliphatic heterocycles. The van der Waals surface area contributed by atoms with Gasteiger partial charge < -0.3 is 9.84 Å². The van der Waals surface area contributed by atoms with Crippen LogP contribution in [0, 0.1) is 0 Å². The summed E-state index contributed by atoms with van der Waals surface area (Å²) < 4.78 is 6.29. The second kappa shape index (κ2) is 7.88. The van der Waals surface area contributed by atoms with Gasteiger partial charge in [0.15, 0.2) is 0 Å². The van der Waals surface area contributed by atoms with E-state index < -0.39 is 0 Å². The number of hydrogen-bond acceptors (Lipinski definition) is 2. The van der Waals surface area contributed by atoms with Crippen molar-refractivity contribution in [3.05, 3.63) is 90.0 Å². The van der Waals surface area contributed by atoms with Crippen molar-refractivity contribution < 1.29 is 9.84 Å². The van der Waals surface area contributed by atoms with Crippen LogP contribution in [0.5, 0.6) is 5.75 Å². The van der Waals surface area contributed by atoms with E-state index in [0.717, 1.165) is 25.0 Å². The molecule has 0 bridgehead atoms. The Bertz CT molecular complexity index is 1090. The van der Waals surface area contributed by atoms with Crippen molar-refractivity contribution >= 4 is 21.5 Å². The number of aliphatic hydroxyl groups is 1. The minimum absolute atomic E-state index is 0.227. The fraction of sp³-hybridized carbons (Fsp3) is 0.259. The molecule has 2 unspecified atom stereocenters. The summed E-state index contributed by atoms with van der Waals surface area (Å²) in [5.41, 5.74) is 2.42. The smallest absolute Gasteiger partial charge is 0.120 e. The summed E-state index contributed by atoms with van der Waals surface area (Å²) in [6.07, 6.45) is 4.04. The van der Waals surface area contributed by atoms with Crippen molar-refractivity contribution in [2.45, 2.75) is 44.3 Å². The molecular formula is C27H26O2. The Hall–Kier alpha value is -2.84. The summed E-state index contributed by atoms with van der Waals surface area (Å²) in [5.74, 6) is 1.10. The maximum atomic E-state index is 10.4. The molecule has 1 N–H and O–H groups in total. The van der Waals surface area contributed by atoms with Crippen molar-refractivity contribution in [1.29, 1.82) is 0 Å². The molecule has 29 heavy (non-hydrogen) atoms. The van der Waals surface area contributed by atoms with E-state index in [1.54, 1.807) is 0 Å². The molecular weight excluding hydrogens is 356 g/mol. The molecule has 5 rings (SSSR count). The van der Waals surface area contributed by atoms with E-state index in [4.69, 9.17) is 4.74 Å². The zero-order chi connectivity index (χ0) is 19.6. The first-order valence-electron chi connectivity index (χ1n) is 10.6. The highest BCUT2D eigenvalue weighted by Gasteiger charge is 2.24. The second-order valence-corrected chi connectivity index (χ2v) is 8.12. The van der Waals surface area contributed by atoms with Crippen LogP contribution in [0.3, 0.4) is 0 Å². The van der Waals surface area contributed by atoms with Gasteiger partial charge in [0.1, 0.15) is 12.4 Å². The van der Waals surface area contributed by atoms with Crippen molar-refractivity contribution in [3.8, 4) is 5.75 Å². The average Bonchev–Trinajstić information content (AvgIpc) is 2.77. The van der Waals surface area contributed by atoms with E-state index in [9.17, 15) is 5.11 Å². The molecule has 1 aliphatic carbocycles. The molecule has 2 heteroatoms. The van der Waals surface area contributed by atoms with Crippen LogP contribution in [-0.2, 0) is 6.61 Å². The molecule has 1 aliphatic rings. The van der Waals surface area contributed by atoms with Crippen LogP contribution in [0.2, 0.25) is 0 Å². The molecule has 0 saturated heterocycles. The summed E-state index contributed by atoms with van der Waals surface area (Å²) in [4.78, 5) is 0. The maximum absolute atomic E-state index is 10.4. The lowest BCUT2D eigenvalue weighted by Gasteiger charge is -2.28. The van der Waals surface area contributed by atoms with Crippen LogP contribution in [0.4, 0.5) is 0 Å². The Balaban J connectivity index is 1.47. The molecule has 2 nitrogen and oxygen atoms in total. The quantitative estimate of drug-likeness (QED) is 0.403. The van der Waals surface area contributed by atoms with Gasteiger partial charge in [-0.15, -0.1) is 0 Å². The summed E-state index contributed by atoms with van der Waals surface area (Å²) >= 11 is 0. The van der Waals surface area contributed by atoms with Gasteiger partial charge in [-0.3, -0.25) is 0 Å². The first kappa shape index (κ1) is 18.2. The number of fused-ring (bicyclic) bond motifs is 2. The fourth-order valence-electron chi connectivity index (χ4n) is 4.75. The highest BCUT2D eigenvalue weighted by molar-refractivity contribution is 6.02. The monoisotopic (exact) mass is 382 g/mol. The van der Waals surface area contributed by atoms with E-state index in [0.29, 0.717) is 6.61 Å². The second-order valence-electron chi connectivity index (χ2n) is 8.12. The lowest BCUT2D eigenvalue weighted by molar-refractivity contribution is 0.106. The third-order valence-electron chi connectivity index (χ3n) is 6.28. The van der Waals surface area contributed by atoms with Gasteiger partial charge in [0.2, 0.25) is 0 Å². The van der Waals surface area contributed by atoms with E-state index in [1.165, 1.54) is 39.1 Å². The first-order valence-corrected chi connectivity index (χ1v) is 10.6. The van der Waals surface area contributed by atoms with Crippen LogP contribution in [0.25, 0.3) is 21.5 Å². The topological polar surface area (TPSA) is 29.5 Å². The highest BCUT2D eigenvalue weighted by Crippen LogP contribution is 2.35. The van der Waals surface area contributed by atoms with Crippen LogP contribution in [0.15, 0.2) is 78.9 Å². The van der Waals surface area contributed by atoms with Crippen molar-refractivity contribution in [3.63, 3.8) is 0 Å². The van der Waals surface area contributed by atoms with E-state index >= 15 is 0 Å². The minimum atomic E-state index is -0.235. The number of aliphatic hydroxyl groups excluding tert-OH is 1. The number of benzene rings is 4. The zero-order valence-corrected chi connectivity index (χ0v) is 16.6. The van der Waals surface area contributed by atoms with Gasteiger partial charge in [0.25, 0.3) is 0 Å². The Kier molecular flexibility index (Phi) is 4.95.